The van der Waals surface area contributed by atoms with Gasteiger partial charge in [-0.2, -0.15) is 0 Å². The van der Waals surface area contributed by atoms with Crippen molar-refractivity contribution in [3.63, 3.8) is 0 Å². The molecule has 0 saturated carbocycles. The van der Waals surface area contributed by atoms with E-state index in [1.807, 2.05) is 0 Å². The number of phenols is 1. The van der Waals surface area contributed by atoms with E-state index in [0.29, 0.717) is 10.0 Å². The average Bonchev–Trinajstić information content (AvgIpc) is 2.72. The summed E-state index contributed by atoms with van der Waals surface area (Å²) in [5.41, 5.74) is 0.529. The number of carbonyl (C=O) groups excluding carboxylic acids is 3. The Labute approximate surface area is 149 Å². The fourth-order valence-electron chi connectivity index (χ4n) is 1.79. The largest absolute Gasteiger partial charge is 0.505 e. The number of rotatable bonds is 4. The molecule has 1 heterocycles. The molecule has 0 atom stereocenters. The van der Waals surface area contributed by atoms with Gasteiger partial charge in [0, 0.05) is 0 Å². The number of hydrogen-bond acceptors (Lipinski definition) is 6. The van der Waals surface area contributed by atoms with E-state index < -0.39 is 23.7 Å². The summed E-state index contributed by atoms with van der Waals surface area (Å²) in [6, 6.07) is 3.02. The van der Waals surface area contributed by atoms with Crippen molar-refractivity contribution in [2.24, 2.45) is 0 Å². The number of esters is 1. The van der Waals surface area contributed by atoms with E-state index in [1.54, 1.807) is 13.0 Å². The Bertz CT molecular complexity index is 698. The quantitative estimate of drug-likeness (QED) is 0.594. The Morgan fingerprint density at radius 1 is 1.48 bits per heavy atom. The summed E-state index contributed by atoms with van der Waals surface area (Å²) in [6.07, 6.45) is 1.46. The summed E-state index contributed by atoms with van der Waals surface area (Å²) in [4.78, 5) is 36.5. The number of phenolic OH excluding ortho intramolecular Hbond substituents is 1. The molecule has 1 aliphatic heterocycles. The van der Waals surface area contributed by atoms with E-state index in [0.717, 1.165) is 16.7 Å². The fourth-order valence-corrected chi connectivity index (χ4v) is 3.45. The SMILES string of the molecule is CCOC(=O)CN1C(=O)S/C(=C\c2cc(Cl)c(O)c(Br)c2)C1=O. The second kappa shape index (κ2) is 7.37. The van der Waals surface area contributed by atoms with E-state index in [4.69, 9.17) is 16.3 Å². The van der Waals surface area contributed by atoms with Crippen LogP contribution in [-0.2, 0) is 14.3 Å². The lowest BCUT2D eigenvalue weighted by atomic mass is 10.2. The zero-order chi connectivity index (χ0) is 17.1. The Morgan fingerprint density at radius 2 is 2.17 bits per heavy atom. The van der Waals surface area contributed by atoms with Crippen molar-refractivity contribution in [1.29, 1.82) is 0 Å². The van der Waals surface area contributed by atoms with Gasteiger partial charge in [-0.3, -0.25) is 19.3 Å². The first kappa shape index (κ1) is 17.8. The molecule has 0 radical (unpaired) electrons. The highest BCUT2D eigenvalue weighted by atomic mass is 79.9. The topological polar surface area (TPSA) is 83.9 Å². The molecule has 23 heavy (non-hydrogen) atoms. The molecule has 1 aromatic rings. The van der Waals surface area contributed by atoms with Crippen LogP contribution in [0.1, 0.15) is 12.5 Å². The Kier molecular flexibility index (Phi) is 5.72. The maximum atomic E-state index is 12.2. The number of carbonyl (C=O) groups is 3. The molecular formula is C14H11BrClNO5S. The summed E-state index contributed by atoms with van der Waals surface area (Å²) in [5.74, 6) is -1.33. The molecule has 0 aromatic heterocycles. The predicted molar refractivity (Wildman–Crippen MR) is 90.1 cm³/mol. The lowest BCUT2D eigenvalue weighted by Gasteiger charge is -2.10. The number of imide groups is 1. The van der Waals surface area contributed by atoms with Crippen LogP contribution in [0.2, 0.25) is 5.02 Å². The van der Waals surface area contributed by atoms with Crippen molar-refractivity contribution in [3.8, 4) is 5.75 Å². The van der Waals surface area contributed by atoms with Gasteiger partial charge in [-0.25, -0.2) is 0 Å². The van der Waals surface area contributed by atoms with Crippen LogP contribution in [0, 0.1) is 0 Å². The van der Waals surface area contributed by atoms with Crippen molar-refractivity contribution in [2.45, 2.75) is 6.92 Å². The van der Waals surface area contributed by atoms with Crippen LogP contribution in [0.4, 0.5) is 4.79 Å². The second-order valence-electron chi connectivity index (χ2n) is 4.41. The summed E-state index contributed by atoms with van der Waals surface area (Å²) in [5, 5.41) is 9.16. The number of hydrogen-bond donors (Lipinski definition) is 1. The van der Waals surface area contributed by atoms with Gasteiger partial charge in [-0.1, -0.05) is 11.6 Å². The van der Waals surface area contributed by atoms with E-state index in [1.165, 1.54) is 12.1 Å². The van der Waals surface area contributed by atoms with Crippen molar-refractivity contribution < 1.29 is 24.2 Å². The molecule has 2 rings (SSSR count). The minimum absolute atomic E-state index is 0.108. The van der Waals surface area contributed by atoms with Crippen LogP contribution in [-0.4, -0.2) is 40.3 Å². The van der Waals surface area contributed by atoms with Crippen LogP contribution in [0.3, 0.4) is 0 Å². The zero-order valence-corrected chi connectivity index (χ0v) is 15.0. The van der Waals surface area contributed by atoms with E-state index in [9.17, 15) is 19.5 Å². The molecule has 1 N–H and O–H groups in total. The third-order valence-electron chi connectivity index (χ3n) is 2.80. The summed E-state index contributed by atoms with van der Waals surface area (Å²) in [7, 11) is 0. The molecule has 1 aromatic carbocycles. The Balaban J connectivity index is 2.23. The van der Waals surface area contributed by atoms with Crippen LogP contribution < -0.4 is 0 Å². The smallest absolute Gasteiger partial charge is 0.326 e. The third kappa shape index (κ3) is 4.07. The van der Waals surface area contributed by atoms with Crippen LogP contribution in [0.5, 0.6) is 5.75 Å². The van der Waals surface area contributed by atoms with Gasteiger partial charge in [0.2, 0.25) is 0 Å². The van der Waals surface area contributed by atoms with E-state index >= 15 is 0 Å². The van der Waals surface area contributed by atoms with E-state index in [-0.39, 0.29) is 22.3 Å². The van der Waals surface area contributed by atoms with Gasteiger partial charge in [0.1, 0.15) is 12.3 Å². The highest BCUT2D eigenvalue weighted by Gasteiger charge is 2.36. The number of thioether (sulfide) groups is 1. The molecule has 122 valence electrons. The predicted octanol–water partition coefficient (Wildman–Crippen LogP) is 3.41. The fraction of sp³-hybridized carbons (Fsp3) is 0.214. The summed E-state index contributed by atoms with van der Waals surface area (Å²) >= 11 is 9.73. The maximum absolute atomic E-state index is 12.2. The third-order valence-corrected chi connectivity index (χ3v) is 4.60. The molecule has 0 unspecified atom stereocenters. The lowest BCUT2D eigenvalue weighted by molar-refractivity contribution is -0.145. The number of halogens is 2. The maximum Gasteiger partial charge on any atom is 0.326 e. The number of ether oxygens (including phenoxy) is 1. The summed E-state index contributed by atoms with van der Waals surface area (Å²) in [6.45, 7) is 1.39. The molecular weight excluding hydrogens is 410 g/mol. The molecule has 1 aliphatic rings. The lowest BCUT2D eigenvalue weighted by Crippen LogP contribution is -2.34. The highest BCUT2D eigenvalue weighted by molar-refractivity contribution is 9.10. The number of amides is 2. The Morgan fingerprint density at radius 3 is 2.78 bits per heavy atom. The number of aromatic hydroxyl groups is 1. The monoisotopic (exact) mass is 419 g/mol. The first-order valence-corrected chi connectivity index (χ1v) is 8.41. The average molecular weight is 421 g/mol. The number of benzene rings is 1. The molecule has 1 fully saturated rings. The van der Waals surface area contributed by atoms with Crippen LogP contribution in [0.15, 0.2) is 21.5 Å². The number of nitrogens with zero attached hydrogens (tertiary/aromatic N) is 1. The van der Waals surface area contributed by atoms with Crippen molar-refractivity contribution in [2.75, 3.05) is 13.2 Å². The van der Waals surface area contributed by atoms with Crippen molar-refractivity contribution in [3.05, 3.63) is 32.1 Å². The standard InChI is InChI=1S/C14H11BrClNO5S/c1-2-22-11(18)6-17-13(20)10(23-14(17)21)5-7-3-8(15)12(19)9(16)4-7/h3-5,19H,2,6H2,1H3/b10-5-. The highest BCUT2D eigenvalue weighted by Crippen LogP contribution is 2.36. The van der Waals surface area contributed by atoms with Crippen molar-refractivity contribution in [1.82, 2.24) is 4.90 Å². The zero-order valence-electron chi connectivity index (χ0n) is 11.8. The van der Waals surface area contributed by atoms with Crippen molar-refractivity contribution >= 4 is 62.5 Å². The van der Waals surface area contributed by atoms with Gasteiger partial charge in [0.15, 0.2) is 0 Å². The van der Waals surface area contributed by atoms with Gasteiger partial charge in [0.25, 0.3) is 11.1 Å². The van der Waals surface area contributed by atoms with Gasteiger partial charge in [0.05, 0.1) is 21.0 Å². The molecule has 6 nitrogen and oxygen atoms in total. The van der Waals surface area contributed by atoms with Crippen LogP contribution in [0.25, 0.3) is 6.08 Å². The first-order valence-electron chi connectivity index (χ1n) is 6.42. The van der Waals surface area contributed by atoms with Gasteiger partial charge in [-0.05, 0) is 58.4 Å². The van der Waals surface area contributed by atoms with Gasteiger partial charge in [-0.15, -0.1) is 0 Å². The molecule has 0 spiro atoms. The Hall–Kier alpha value is -1.51. The first-order chi connectivity index (χ1) is 10.8. The molecule has 0 aliphatic carbocycles. The molecule has 0 bridgehead atoms. The van der Waals surface area contributed by atoms with Gasteiger partial charge >= 0.3 is 5.97 Å². The second-order valence-corrected chi connectivity index (χ2v) is 6.66. The molecule has 2 amide bonds. The summed E-state index contributed by atoms with van der Waals surface area (Å²) < 4.78 is 5.10. The normalized spacial score (nSPS) is 16.3. The molecule has 9 heteroatoms. The minimum Gasteiger partial charge on any atom is -0.505 e. The molecule has 1 saturated heterocycles. The van der Waals surface area contributed by atoms with Crippen LogP contribution >= 0.6 is 39.3 Å². The van der Waals surface area contributed by atoms with Gasteiger partial charge < -0.3 is 9.84 Å². The van der Waals surface area contributed by atoms with E-state index in [2.05, 4.69) is 15.9 Å². The minimum atomic E-state index is -0.647.